The highest BCUT2D eigenvalue weighted by molar-refractivity contribution is 7.22. The third-order valence-corrected chi connectivity index (χ3v) is 4.91. The highest BCUT2D eigenvalue weighted by Gasteiger charge is 2.11. The Bertz CT molecular complexity index is 999. The van der Waals surface area contributed by atoms with E-state index in [1.54, 1.807) is 12.1 Å². The van der Waals surface area contributed by atoms with Crippen molar-refractivity contribution in [3.05, 3.63) is 53.6 Å². The molecule has 1 aromatic heterocycles. The molecule has 3 aromatic rings. The molecule has 0 aliphatic rings. The van der Waals surface area contributed by atoms with Crippen molar-refractivity contribution in [3.63, 3.8) is 0 Å². The normalized spacial score (nSPS) is 10.8. The molecule has 8 heteroatoms. The van der Waals surface area contributed by atoms with Crippen LogP contribution in [0.1, 0.15) is 36.7 Å². The van der Waals surface area contributed by atoms with E-state index in [1.165, 1.54) is 11.3 Å². The lowest BCUT2D eigenvalue weighted by Crippen LogP contribution is -2.39. The smallest absolute Gasteiger partial charge is 0.315 e. The molecule has 0 fully saturated rings. The second kappa shape index (κ2) is 9.38. The number of carbonyl (C=O) groups is 2. The van der Waals surface area contributed by atoms with Gasteiger partial charge in [0.2, 0.25) is 0 Å². The maximum absolute atomic E-state index is 12.5. The lowest BCUT2D eigenvalue weighted by atomic mass is 10.1. The van der Waals surface area contributed by atoms with Crippen LogP contribution in [0.3, 0.4) is 0 Å². The standard InChI is InChI=1S/C21H24N4O3S/c1-4-28-16-9-10-17-18(11-16)29-21(24-17)25-19(26)15-7-5-14(6-8-15)12-22-20(27)23-13(2)3/h5-11,13H,4,12H2,1-3H3,(H2,22,23,27)(H,24,25,26). The number of aromatic nitrogens is 1. The molecule has 0 saturated heterocycles. The molecule has 0 saturated carbocycles. The molecule has 1 heterocycles. The van der Waals surface area contributed by atoms with Crippen LogP contribution in [-0.2, 0) is 6.54 Å². The number of amides is 3. The number of fused-ring (bicyclic) bond motifs is 1. The maximum Gasteiger partial charge on any atom is 0.315 e. The highest BCUT2D eigenvalue weighted by atomic mass is 32.1. The molecule has 0 atom stereocenters. The van der Waals surface area contributed by atoms with Crippen molar-refractivity contribution in [2.45, 2.75) is 33.4 Å². The Balaban J connectivity index is 1.60. The van der Waals surface area contributed by atoms with E-state index in [1.807, 2.05) is 51.1 Å². The van der Waals surface area contributed by atoms with Gasteiger partial charge in [-0.15, -0.1) is 0 Å². The van der Waals surface area contributed by atoms with E-state index < -0.39 is 0 Å². The minimum Gasteiger partial charge on any atom is -0.494 e. The van der Waals surface area contributed by atoms with E-state index in [2.05, 4.69) is 20.9 Å². The molecular weight excluding hydrogens is 388 g/mol. The fourth-order valence-electron chi connectivity index (χ4n) is 2.65. The van der Waals surface area contributed by atoms with Crippen molar-refractivity contribution in [1.29, 1.82) is 0 Å². The van der Waals surface area contributed by atoms with Crippen LogP contribution < -0.4 is 20.7 Å². The van der Waals surface area contributed by atoms with Crippen LogP contribution in [0.2, 0.25) is 0 Å². The first-order valence-electron chi connectivity index (χ1n) is 9.42. The maximum atomic E-state index is 12.5. The van der Waals surface area contributed by atoms with Crippen LogP contribution in [-0.4, -0.2) is 29.6 Å². The predicted octanol–water partition coefficient (Wildman–Crippen LogP) is 4.15. The largest absolute Gasteiger partial charge is 0.494 e. The van der Waals surface area contributed by atoms with Crippen molar-refractivity contribution in [3.8, 4) is 5.75 Å². The number of rotatable bonds is 7. The van der Waals surface area contributed by atoms with Crippen molar-refractivity contribution in [2.75, 3.05) is 11.9 Å². The number of thiazole rings is 1. The Morgan fingerprint density at radius 2 is 1.90 bits per heavy atom. The third kappa shape index (κ3) is 5.68. The van der Waals surface area contributed by atoms with Crippen molar-refractivity contribution in [2.24, 2.45) is 0 Å². The summed E-state index contributed by atoms with van der Waals surface area (Å²) in [6.07, 6.45) is 0. The minimum atomic E-state index is -0.230. The van der Waals surface area contributed by atoms with Gasteiger partial charge in [-0.1, -0.05) is 23.5 Å². The molecule has 0 aliphatic heterocycles. The van der Waals surface area contributed by atoms with Crippen molar-refractivity contribution < 1.29 is 14.3 Å². The van der Waals surface area contributed by atoms with E-state index in [0.29, 0.717) is 23.8 Å². The zero-order valence-corrected chi connectivity index (χ0v) is 17.4. The number of urea groups is 1. The average Bonchev–Trinajstić information content (AvgIpc) is 3.08. The quantitative estimate of drug-likeness (QED) is 0.543. The van der Waals surface area contributed by atoms with Crippen molar-refractivity contribution in [1.82, 2.24) is 15.6 Å². The first-order chi connectivity index (χ1) is 13.9. The van der Waals surface area contributed by atoms with Crippen LogP contribution in [0, 0.1) is 0 Å². The van der Waals surface area contributed by atoms with Gasteiger partial charge in [-0.2, -0.15) is 0 Å². The summed E-state index contributed by atoms with van der Waals surface area (Å²) in [4.78, 5) is 28.6. The first-order valence-corrected chi connectivity index (χ1v) is 10.2. The number of nitrogens with one attached hydrogen (secondary N) is 3. The molecule has 2 aromatic carbocycles. The Morgan fingerprint density at radius 1 is 1.14 bits per heavy atom. The van der Waals surface area contributed by atoms with E-state index in [9.17, 15) is 9.59 Å². The second-order valence-corrected chi connectivity index (χ2v) is 7.74. The summed E-state index contributed by atoms with van der Waals surface area (Å²) < 4.78 is 6.45. The Morgan fingerprint density at radius 3 is 2.59 bits per heavy atom. The van der Waals surface area contributed by atoms with Crippen molar-refractivity contribution >= 4 is 38.6 Å². The molecule has 7 nitrogen and oxygen atoms in total. The van der Waals surface area contributed by atoms with Gasteiger partial charge in [-0.3, -0.25) is 10.1 Å². The molecule has 29 heavy (non-hydrogen) atoms. The summed E-state index contributed by atoms with van der Waals surface area (Å²) in [6, 6.07) is 12.6. The molecule has 0 unspecified atom stereocenters. The van der Waals surface area contributed by atoms with Crippen LogP contribution in [0.5, 0.6) is 5.75 Å². The molecule has 3 rings (SSSR count). The Kier molecular flexibility index (Phi) is 6.66. The zero-order valence-electron chi connectivity index (χ0n) is 16.6. The summed E-state index contributed by atoms with van der Waals surface area (Å²) in [5, 5.41) is 8.92. The summed E-state index contributed by atoms with van der Waals surface area (Å²) in [5.41, 5.74) is 2.24. The van der Waals surface area contributed by atoms with E-state index in [0.717, 1.165) is 21.5 Å². The lowest BCUT2D eigenvalue weighted by molar-refractivity contribution is 0.102. The number of benzene rings is 2. The van der Waals surface area contributed by atoms with Crippen LogP contribution in [0.4, 0.5) is 9.93 Å². The second-order valence-electron chi connectivity index (χ2n) is 6.71. The summed E-state index contributed by atoms with van der Waals surface area (Å²) >= 11 is 1.40. The molecule has 0 aliphatic carbocycles. The summed E-state index contributed by atoms with van der Waals surface area (Å²) in [7, 11) is 0. The Labute approximate surface area is 173 Å². The number of nitrogens with zero attached hydrogens (tertiary/aromatic N) is 1. The average molecular weight is 413 g/mol. The minimum absolute atomic E-state index is 0.0781. The van der Waals surface area contributed by atoms with Crippen LogP contribution >= 0.6 is 11.3 Å². The first kappa shape index (κ1) is 20.6. The van der Waals surface area contributed by atoms with Gasteiger partial charge in [0.05, 0.1) is 16.8 Å². The molecular formula is C21H24N4O3S. The number of ether oxygens (including phenoxy) is 1. The van der Waals surface area contributed by atoms with E-state index >= 15 is 0 Å². The molecule has 3 amide bonds. The monoisotopic (exact) mass is 412 g/mol. The summed E-state index contributed by atoms with van der Waals surface area (Å²) in [6.45, 7) is 6.72. The van der Waals surface area contributed by atoms with Gasteiger partial charge in [0.1, 0.15) is 5.75 Å². The molecule has 0 radical (unpaired) electrons. The fraction of sp³-hybridized carbons (Fsp3) is 0.286. The van der Waals surface area contributed by atoms with Gasteiger partial charge in [0, 0.05) is 18.2 Å². The van der Waals surface area contributed by atoms with Gasteiger partial charge in [0.15, 0.2) is 5.13 Å². The molecule has 0 bridgehead atoms. The molecule has 152 valence electrons. The number of anilines is 1. The highest BCUT2D eigenvalue weighted by Crippen LogP contribution is 2.29. The van der Waals surface area contributed by atoms with Crippen LogP contribution in [0.15, 0.2) is 42.5 Å². The van der Waals surface area contributed by atoms with Crippen LogP contribution in [0.25, 0.3) is 10.2 Å². The van der Waals surface area contributed by atoms with Gasteiger partial charge in [-0.25, -0.2) is 9.78 Å². The SMILES string of the molecule is CCOc1ccc2nc(NC(=O)c3ccc(CNC(=O)NC(C)C)cc3)sc2c1. The lowest BCUT2D eigenvalue weighted by Gasteiger charge is -2.10. The fourth-order valence-corrected chi connectivity index (χ4v) is 3.54. The topological polar surface area (TPSA) is 92.3 Å². The molecule has 3 N–H and O–H groups in total. The number of hydrogen-bond acceptors (Lipinski definition) is 5. The third-order valence-electron chi connectivity index (χ3n) is 3.98. The molecule has 0 spiro atoms. The zero-order chi connectivity index (χ0) is 20.8. The Hall–Kier alpha value is -3.13. The van der Waals surface area contributed by atoms with E-state index in [-0.39, 0.29) is 18.0 Å². The predicted molar refractivity (Wildman–Crippen MR) is 116 cm³/mol. The van der Waals surface area contributed by atoms with E-state index in [4.69, 9.17) is 4.74 Å². The van der Waals surface area contributed by atoms with Gasteiger partial charge in [-0.05, 0) is 56.7 Å². The summed E-state index contributed by atoms with van der Waals surface area (Å²) in [5.74, 6) is 0.555. The van der Waals surface area contributed by atoms with Gasteiger partial charge in [0.25, 0.3) is 5.91 Å². The van der Waals surface area contributed by atoms with Gasteiger partial charge < -0.3 is 15.4 Å². The number of hydrogen-bond donors (Lipinski definition) is 3. The van der Waals surface area contributed by atoms with Gasteiger partial charge >= 0.3 is 6.03 Å². The number of carbonyl (C=O) groups excluding carboxylic acids is 2.